The maximum atomic E-state index is 12.6. The predicted octanol–water partition coefficient (Wildman–Crippen LogP) is 21.5. The number of hydrogen-bond acceptors (Lipinski definition) is 29. The lowest BCUT2D eigenvalue weighted by atomic mass is 10.1. The second-order valence-electron chi connectivity index (χ2n) is 36.0. The molecular weight excluding hydrogens is 2030 g/mol. The van der Waals surface area contributed by atoms with Crippen LogP contribution < -0.4 is 16.0 Å². The van der Waals surface area contributed by atoms with E-state index >= 15 is 0 Å². The minimum Gasteiger partial charge on any atom is -0.477 e. The van der Waals surface area contributed by atoms with Gasteiger partial charge in [0.25, 0.3) is 17.7 Å². The lowest BCUT2D eigenvalue weighted by molar-refractivity contribution is 0.0111. The first-order valence-electron chi connectivity index (χ1n) is 43.2. The highest BCUT2D eigenvalue weighted by molar-refractivity contribution is 9.11. The molecule has 13 rings (SSSR count). The van der Waals surface area contributed by atoms with Crippen LogP contribution in [-0.2, 0) is 47.4 Å². The topological polar surface area (TPSA) is 339 Å². The van der Waals surface area contributed by atoms with Crippen molar-refractivity contribution < 1.29 is 90.8 Å². The molecule has 7 aromatic rings. The molecule has 4 N–H and O–H groups in total. The van der Waals surface area contributed by atoms with Crippen molar-refractivity contribution >= 4 is 213 Å². The van der Waals surface area contributed by atoms with Gasteiger partial charge in [-0.2, -0.15) is 4.98 Å². The van der Waals surface area contributed by atoms with Crippen molar-refractivity contribution in [1.82, 2.24) is 49.6 Å². The molecule has 0 bridgehead atoms. The number of aromatic carboxylic acids is 1. The summed E-state index contributed by atoms with van der Waals surface area (Å²) in [4.78, 5) is 121. The summed E-state index contributed by atoms with van der Waals surface area (Å²) in [7, 11) is 10.3. The molecule has 738 valence electrons. The summed E-state index contributed by atoms with van der Waals surface area (Å²) in [5.41, 5.74) is 9.41. The van der Waals surface area contributed by atoms with Gasteiger partial charge in [-0.15, -0.1) is 68.0 Å². The lowest BCUT2D eigenvalue weighted by Crippen LogP contribution is -2.40. The summed E-state index contributed by atoms with van der Waals surface area (Å²) < 4.78 is 60.1. The summed E-state index contributed by atoms with van der Waals surface area (Å²) in [6.07, 6.45) is 3.39. The number of nitrogens with one attached hydrogen (secondary N) is 1. The Kier molecular flexibility index (Phi) is 43.5. The molecule has 133 heavy (non-hydrogen) atoms. The summed E-state index contributed by atoms with van der Waals surface area (Å²) in [6.45, 7) is 34.2. The predicted molar refractivity (Wildman–Crippen MR) is 532 cm³/mol. The number of carboxylic acid groups (broad SMARTS) is 1. The molecule has 0 radical (unpaired) electrons. The van der Waals surface area contributed by atoms with Crippen LogP contribution in [0.4, 0.5) is 30.9 Å². The van der Waals surface area contributed by atoms with E-state index < -0.39 is 46.6 Å². The number of halogens is 7. The van der Waals surface area contributed by atoms with E-state index in [-0.39, 0.29) is 77.5 Å². The van der Waals surface area contributed by atoms with E-state index in [2.05, 4.69) is 36.1 Å². The zero-order valence-electron chi connectivity index (χ0n) is 78.5. The number of hydrogen-bond donors (Lipinski definition) is 3. The van der Waals surface area contributed by atoms with Crippen LogP contribution in [0.2, 0.25) is 26.0 Å². The maximum Gasteiger partial charge on any atom is 0.410 e. The smallest absolute Gasteiger partial charge is 0.410 e. The molecule has 13 heterocycles. The summed E-state index contributed by atoms with van der Waals surface area (Å²) in [5.74, 6) is -0.246. The Balaban J connectivity index is 0.000000197. The van der Waals surface area contributed by atoms with Gasteiger partial charge in [0.05, 0.1) is 120 Å². The highest BCUT2D eigenvalue weighted by Crippen LogP contribution is 2.44. The number of rotatable bonds is 11. The molecule has 0 aliphatic carbocycles. The summed E-state index contributed by atoms with van der Waals surface area (Å²) >= 11 is 49.0. The Morgan fingerprint density at radius 1 is 0.429 bits per heavy atom. The van der Waals surface area contributed by atoms with E-state index in [0.717, 1.165) is 106 Å². The molecule has 0 aromatic carbocycles. The summed E-state index contributed by atoms with van der Waals surface area (Å²) in [6, 6.07) is 11.5. The average molecular weight is 2150 g/mol. The number of nitrogens with zero attached hydrogens (tertiary/aromatic N) is 10. The fourth-order valence-electron chi connectivity index (χ4n) is 13.9. The molecule has 7 aromatic heterocycles. The van der Waals surface area contributed by atoms with Crippen LogP contribution in [0.5, 0.6) is 0 Å². The molecule has 6 fully saturated rings. The fraction of sp³-hybridized carbons (Fsp3) is 0.596. The standard InChI is InChI=1S/C17H22ClN5O2S.C17H25ClN2O4S.C15H20ClNO5S.C14H19BrClNO3S.C14H20ClNO3S.C12H17ClN2O2S/c1-10-7-14(21-17(19)20-10)23-5-4-6-25-9-12(23)11-8-13(26-15(11)18)16(24)22(2)3;1-17(2,3)24-16(22)20-7-6-8-23-10-12(20)11-9-13(25-14(11)18)15(21)19(4)5;1-15(2,3)22-14(20)17-5-4-6-21-8-10(17)9-7-11(13(18)19)23-12(9)16;1-14(2,3)20-13(18)17-5-4-6-19-8-10(17)9-7-11(15)21-12(9)16;1-14(2,3)19-13(17)16-6-4-7-18-9-11(16)10-5-8-20-12(10)15;1-15(2)12(16)10-6-8(11(13)18-10)9-7-17-5-3-4-14-9/h7-8,12H,4-6,9H2,1-3H3,(H2,19,20,21);9,12H,6-8,10H2,1-5H3;7,10H,4-6,8H2,1-3H3,(H,18,19);7,10H,4-6,8H2,1-3H3;5,8,11H,4,6-7,9H2,1-3H3;6,9,14H,3-5,7H2,1-2H3. The van der Waals surface area contributed by atoms with E-state index in [0.29, 0.717) is 145 Å². The van der Waals surface area contributed by atoms with Crippen molar-refractivity contribution in [2.24, 2.45) is 0 Å². The molecule has 31 nitrogen and oxygen atoms in total. The molecule has 6 saturated heterocycles. The number of anilines is 2. The number of carboxylic acids is 1. The number of thiophene rings is 6. The number of carbonyl (C=O) groups excluding carboxylic acids is 7. The van der Waals surface area contributed by atoms with Gasteiger partial charge in [0.15, 0.2) is 0 Å². The summed E-state index contributed by atoms with van der Waals surface area (Å²) in [5, 5.41) is 14.4. The van der Waals surface area contributed by atoms with Gasteiger partial charge < -0.3 is 83.1 Å². The van der Waals surface area contributed by atoms with Crippen LogP contribution in [0, 0.1) is 6.92 Å². The van der Waals surface area contributed by atoms with Crippen molar-refractivity contribution in [3.63, 3.8) is 0 Å². The van der Waals surface area contributed by atoms with E-state index in [1.54, 1.807) is 98.5 Å². The van der Waals surface area contributed by atoms with E-state index in [1.165, 1.54) is 67.7 Å². The monoisotopic (exact) mass is 2140 g/mol. The van der Waals surface area contributed by atoms with E-state index in [4.69, 9.17) is 128 Å². The first-order chi connectivity index (χ1) is 62.4. The molecular formula is C89H123BrCl6N12O19S6. The third-order valence-corrected chi connectivity index (χ3v) is 28.5. The van der Waals surface area contributed by atoms with E-state index in [9.17, 15) is 38.4 Å². The highest BCUT2D eigenvalue weighted by atomic mass is 79.9. The molecule has 6 aliphatic rings. The SMILES string of the molecule is CC(C)(C)OC(=O)N1CCCOCC1c1cc(Br)sc1Cl.CC(C)(C)OC(=O)N1CCCOCC1c1cc(C(=O)O)sc1Cl.CC(C)(C)OC(=O)N1CCCOCC1c1ccsc1Cl.CN(C)C(=O)c1cc(C2COCCCN2)c(Cl)s1.CN(C)C(=O)c1cc(C2COCCCN2C(=O)OC(C)(C)C)c(Cl)s1.Cc1cc(N2CCCOCC2c2cc(C(=O)N(C)C)sc2Cl)nc(N)n1. The zero-order valence-corrected chi connectivity index (χ0v) is 89.5. The van der Waals surface area contributed by atoms with Crippen LogP contribution in [0.25, 0.3) is 0 Å². The Bertz CT molecular complexity index is 5000. The van der Waals surface area contributed by atoms with Gasteiger partial charge in [-0.3, -0.25) is 34.0 Å². The van der Waals surface area contributed by atoms with Crippen molar-refractivity contribution in [2.75, 3.05) is 171 Å². The number of nitrogen functional groups attached to an aromatic ring is 1. The van der Waals surface area contributed by atoms with Crippen LogP contribution in [0.15, 0.2) is 51.6 Å². The average Bonchev–Trinajstić information content (AvgIpc) is 1.76. The Morgan fingerprint density at radius 3 is 1.08 bits per heavy atom. The third kappa shape index (κ3) is 34.4. The number of amides is 7. The van der Waals surface area contributed by atoms with Gasteiger partial charge in [-0.25, -0.2) is 29.0 Å². The van der Waals surface area contributed by atoms with Gasteiger partial charge in [0.1, 0.15) is 33.1 Å². The third-order valence-electron chi connectivity index (χ3n) is 19.9. The van der Waals surface area contributed by atoms with Crippen LogP contribution in [0.3, 0.4) is 0 Å². The van der Waals surface area contributed by atoms with Crippen molar-refractivity contribution in [3.8, 4) is 0 Å². The van der Waals surface area contributed by atoms with Gasteiger partial charge in [0.2, 0.25) is 5.95 Å². The number of aromatic nitrogens is 2. The molecule has 6 aliphatic heterocycles. The van der Waals surface area contributed by atoms with Crippen molar-refractivity contribution in [2.45, 2.75) is 187 Å². The van der Waals surface area contributed by atoms with Gasteiger partial charge >= 0.3 is 30.3 Å². The Morgan fingerprint density at radius 2 is 0.744 bits per heavy atom. The molecule has 6 unspecified atom stereocenters. The number of aryl methyl sites for hydroxylation is 1. The van der Waals surface area contributed by atoms with Gasteiger partial charge in [0, 0.05) is 160 Å². The number of ether oxygens (including phenoxy) is 10. The van der Waals surface area contributed by atoms with Gasteiger partial charge in [-0.05, 0) is 193 Å². The minimum atomic E-state index is -1.04. The largest absolute Gasteiger partial charge is 0.477 e. The van der Waals surface area contributed by atoms with Crippen molar-refractivity contribution in [1.29, 1.82) is 0 Å². The molecule has 6 atom stereocenters. The Hall–Kier alpha value is -6.22. The van der Waals surface area contributed by atoms with Crippen LogP contribution in [-0.4, -0.2) is 281 Å². The number of carbonyl (C=O) groups is 8. The Labute approximate surface area is 841 Å². The fourth-order valence-corrected chi connectivity index (χ4v) is 22.4. The second kappa shape index (κ2) is 51.6. The first kappa shape index (κ1) is 112. The molecule has 44 heteroatoms. The molecule has 0 saturated carbocycles. The molecule has 0 spiro atoms. The maximum absolute atomic E-state index is 12.6. The lowest BCUT2D eigenvalue weighted by Gasteiger charge is -2.31. The highest BCUT2D eigenvalue weighted by Gasteiger charge is 2.40. The van der Waals surface area contributed by atoms with Crippen molar-refractivity contribution in [3.05, 3.63) is 136 Å². The second-order valence-corrected chi connectivity index (χ2v) is 47.1. The first-order valence-corrected chi connectivity index (χ1v) is 51.2. The number of nitrogens with two attached hydrogens (primary N) is 1. The normalized spacial score (nSPS) is 19.4. The molecule has 7 amide bonds. The van der Waals surface area contributed by atoms with E-state index in [1.807, 2.05) is 105 Å². The quantitative estimate of drug-likeness (QED) is 0.101. The van der Waals surface area contributed by atoms with Crippen LogP contribution >= 0.6 is 154 Å². The minimum absolute atomic E-state index is 0.0114. The van der Waals surface area contributed by atoms with Crippen LogP contribution in [0.1, 0.15) is 236 Å². The zero-order chi connectivity index (χ0) is 98.3. The van der Waals surface area contributed by atoms with Gasteiger partial charge in [-0.1, -0.05) is 69.6 Å².